The number of carboxylic acid groups (broad SMARTS) is 2. The molecule has 12 heteroatoms. The fourth-order valence-corrected chi connectivity index (χ4v) is 4.05. The smallest absolute Gasteiger partial charge is 0.335 e. The number of amides is 1. The average Bonchev–Trinajstić information content (AvgIpc) is 3.44. The maximum atomic E-state index is 13.4. The second kappa shape index (κ2) is 12.2. The first-order chi connectivity index (χ1) is 19.7. The maximum Gasteiger partial charge on any atom is 0.335 e. The molecule has 212 valence electrons. The lowest BCUT2D eigenvalue weighted by atomic mass is 10.1. The number of hydrogen-bond donors (Lipinski definition) is 3. The number of allylic oxidation sites excluding steroid dienone is 2. The summed E-state index contributed by atoms with van der Waals surface area (Å²) >= 11 is 0. The molecule has 4 rings (SSSR count). The van der Waals surface area contributed by atoms with Crippen LogP contribution in [-0.4, -0.2) is 57.0 Å². The maximum absolute atomic E-state index is 13.4. The van der Waals surface area contributed by atoms with Gasteiger partial charge >= 0.3 is 11.9 Å². The summed E-state index contributed by atoms with van der Waals surface area (Å²) in [6, 6.07) is 11.5. The normalized spacial score (nSPS) is 14.4. The van der Waals surface area contributed by atoms with E-state index in [1.165, 1.54) is 53.2 Å². The van der Waals surface area contributed by atoms with Crippen molar-refractivity contribution in [1.82, 2.24) is 9.78 Å². The number of carbonyl (C=O) groups excluding carboxylic acids is 1. The van der Waals surface area contributed by atoms with Crippen LogP contribution in [-0.2, 0) is 9.53 Å². The van der Waals surface area contributed by atoms with E-state index in [0.717, 1.165) is 5.01 Å². The van der Waals surface area contributed by atoms with Crippen LogP contribution in [0, 0.1) is 0 Å². The third-order valence-corrected chi connectivity index (χ3v) is 6.10. The van der Waals surface area contributed by atoms with Crippen molar-refractivity contribution in [3.63, 3.8) is 0 Å². The highest BCUT2D eigenvalue weighted by atomic mass is 16.5. The first kappa shape index (κ1) is 28.6. The Kier molecular flexibility index (Phi) is 8.51. The lowest BCUT2D eigenvalue weighted by molar-refractivity contribution is -0.114. The number of hydrazone groups is 1. The second-order valence-electron chi connectivity index (χ2n) is 8.72. The number of nitrogens with zero attached hydrogens (tertiary/aromatic N) is 3. The van der Waals surface area contributed by atoms with Crippen molar-refractivity contribution < 1.29 is 34.1 Å². The van der Waals surface area contributed by atoms with Crippen molar-refractivity contribution >= 4 is 35.5 Å². The van der Waals surface area contributed by atoms with Gasteiger partial charge in [0.15, 0.2) is 0 Å². The lowest BCUT2D eigenvalue weighted by Crippen LogP contribution is -2.21. The molecule has 0 fully saturated rings. The van der Waals surface area contributed by atoms with Crippen molar-refractivity contribution in [2.75, 3.05) is 18.2 Å². The molecule has 0 spiro atoms. The van der Waals surface area contributed by atoms with Crippen LogP contribution in [0.2, 0.25) is 0 Å². The Hall–Kier alpha value is -5.39. The zero-order valence-corrected chi connectivity index (χ0v) is 22.6. The molecular weight excluding hydrogens is 532 g/mol. The van der Waals surface area contributed by atoms with Crippen molar-refractivity contribution in [1.29, 1.82) is 0 Å². The van der Waals surface area contributed by atoms with Gasteiger partial charge in [0, 0.05) is 0 Å². The fraction of sp³-hybridized carbons (Fsp3) is 0.207. The summed E-state index contributed by atoms with van der Waals surface area (Å²) in [6.07, 6.45) is 3.64. The average molecular weight is 561 g/mol. The van der Waals surface area contributed by atoms with Gasteiger partial charge in [0.2, 0.25) is 11.8 Å². The molecule has 0 saturated carbocycles. The molecule has 3 N–H and O–H groups in total. The first-order valence-electron chi connectivity index (χ1n) is 12.8. The molecule has 0 unspecified atom stereocenters. The van der Waals surface area contributed by atoms with E-state index in [-0.39, 0.29) is 47.3 Å². The summed E-state index contributed by atoms with van der Waals surface area (Å²) in [5.74, 6) is -2.35. The van der Waals surface area contributed by atoms with Gasteiger partial charge in [-0.3, -0.25) is 14.7 Å². The number of carbonyl (C=O) groups is 3. The number of aromatic amines is 1. The molecule has 1 aliphatic heterocycles. The molecule has 41 heavy (non-hydrogen) atoms. The van der Waals surface area contributed by atoms with Crippen molar-refractivity contribution in [2.45, 2.75) is 27.2 Å². The van der Waals surface area contributed by atoms with Gasteiger partial charge in [-0.2, -0.15) is 5.01 Å². The van der Waals surface area contributed by atoms with Crippen molar-refractivity contribution in [2.24, 2.45) is 5.10 Å². The molecule has 1 amide bonds. The van der Waals surface area contributed by atoms with E-state index in [0.29, 0.717) is 23.4 Å². The molecular formula is C29H28N4O8. The van der Waals surface area contributed by atoms with Crippen LogP contribution >= 0.6 is 0 Å². The van der Waals surface area contributed by atoms with Gasteiger partial charge < -0.3 is 19.7 Å². The van der Waals surface area contributed by atoms with Crippen LogP contribution in [0.4, 0.5) is 5.69 Å². The molecule has 0 bridgehead atoms. The Morgan fingerprint density at radius 2 is 1.44 bits per heavy atom. The van der Waals surface area contributed by atoms with Crippen LogP contribution in [0.1, 0.15) is 53.5 Å². The number of aromatic carboxylic acids is 2. The molecule has 2 heterocycles. The largest absolute Gasteiger partial charge is 0.478 e. The predicted octanol–water partition coefficient (Wildman–Crippen LogP) is 4.08. The van der Waals surface area contributed by atoms with Gasteiger partial charge in [-0.05, 0) is 86.5 Å². The monoisotopic (exact) mass is 560 g/mol. The first-order valence-corrected chi connectivity index (χ1v) is 12.8. The fourth-order valence-electron chi connectivity index (χ4n) is 4.05. The van der Waals surface area contributed by atoms with Crippen molar-refractivity contribution in [3.8, 4) is 11.6 Å². The number of nitrogens with one attached hydrogen (secondary N) is 1. The molecule has 12 nitrogen and oxygen atoms in total. The Morgan fingerprint density at radius 1 is 0.878 bits per heavy atom. The number of anilines is 1. The molecule has 0 saturated heterocycles. The molecule has 0 aliphatic carbocycles. The highest BCUT2D eigenvalue weighted by Gasteiger charge is 2.33. The van der Waals surface area contributed by atoms with Crippen LogP contribution < -0.4 is 15.3 Å². The third kappa shape index (κ3) is 5.96. The third-order valence-electron chi connectivity index (χ3n) is 6.10. The molecule has 1 aliphatic rings. The number of hydrogen-bond acceptors (Lipinski definition) is 7. The summed E-state index contributed by atoms with van der Waals surface area (Å²) in [5, 5.41) is 26.7. The molecule has 0 atom stereocenters. The molecule has 2 aromatic carbocycles. The summed E-state index contributed by atoms with van der Waals surface area (Å²) < 4.78 is 12.6. The van der Waals surface area contributed by atoms with Gasteiger partial charge in [-0.25, -0.2) is 14.3 Å². The number of ether oxygens (including phenoxy) is 2. The summed E-state index contributed by atoms with van der Waals surface area (Å²) in [4.78, 5) is 49.2. The minimum Gasteiger partial charge on any atom is -0.478 e. The predicted molar refractivity (Wildman–Crippen MR) is 151 cm³/mol. The van der Waals surface area contributed by atoms with Crippen LogP contribution in [0.15, 0.2) is 75.6 Å². The van der Waals surface area contributed by atoms with Crippen LogP contribution in [0.5, 0.6) is 5.88 Å². The molecule has 3 aromatic rings. The highest BCUT2D eigenvalue weighted by molar-refractivity contribution is 6.28. The SMILES string of the molecule is CCOC1=NN(c2ccc(C(=O)O)cc2)C(=O)C1=CC(=Cc1c(OCC)[nH]n(-c2ccc(C(=O)O)cc2)c1=O)CC. The second-order valence-corrected chi connectivity index (χ2v) is 8.72. The number of carboxylic acids is 2. The van der Waals surface area contributed by atoms with Gasteiger partial charge in [0.05, 0.1) is 35.7 Å². The Balaban J connectivity index is 1.74. The van der Waals surface area contributed by atoms with Gasteiger partial charge in [0.1, 0.15) is 11.1 Å². The van der Waals surface area contributed by atoms with E-state index in [4.69, 9.17) is 14.6 Å². The number of aromatic nitrogens is 2. The minimum atomic E-state index is -1.09. The number of benzene rings is 2. The summed E-state index contributed by atoms with van der Waals surface area (Å²) in [5.41, 5.74) is 1.48. The number of rotatable bonds is 10. The van der Waals surface area contributed by atoms with E-state index < -0.39 is 23.4 Å². The minimum absolute atomic E-state index is 0.0708. The van der Waals surface area contributed by atoms with Gasteiger partial charge in [-0.15, -0.1) is 5.10 Å². The number of H-pyrrole nitrogens is 1. The van der Waals surface area contributed by atoms with Gasteiger partial charge in [-0.1, -0.05) is 6.92 Å². The summed E-state index contributed by atoms with van der Waals surface area (Å²) in [6.45, 7) is 5.91. The Bertz CT molecular complexity index is 1630. The van der Waals surface area contributed by atoms with Crippen LogP contribution in [0.25, 0.3) is 11.8 Å². The topological polar surface area (TPSA) is 164 Å². The Labute approximate surface area is 234 Å². The van der Waals surface area contributed by atoms with Gasteiger partial charge in [0.25, 0.3) is 11.5 Å². The molecule has 0 radical (unpaired) electrons. The standard InChI is InChI=1S/C29H28N4O8/c1-4-17(15-22-24(40-5-2)30-32(26(22)34)20-11-7-18(8-12-20)28(36)37)16-23-25(41-6-3)31-33(27(23)35)21-13-9-19(10-14-21)29(38)39/h7-16,30H,4-6H2,1-3H3,(H,36,37)(H,38,39). The van der Waals surface area contributed by atoms with Crippen molar-refractivity contribution in [3.05, 3.63) is 92.8 Å². The summed E-state index contributed by atoms with van der Waals surface area (Å²) in [7, 11) is 0. The van der Waals surface area contributed by atoms with E-state index in [1.54, 1.807) is 26.0 Å². The van der Waals surface area contributed by atoms with Crippen LogP contribution in [0.3, 0.4) is 0 Å². The zero-order chi connectivity index (χ0) is 29.7. The van der Waals surface area contributed by atoms with E-state index in [2.05, 4.69) is 10.2 Å². The Morgan fingerprint density at radius 3 is 1.95 bits per heavy atom. The highest BCUT2D eigenvalue weighted by Crippen LogP contribution is 2.27. The van der Waals surface area contributed by atoms with E-state index in [9.17, 15) is 24.3 Å². The van der Waals surface area contributed by atoms with E-state index >= 15 is 0 Å². The quantitative estimate of drug-likeness (QED) is 0.312. The van der Waals surface area contributed by atoms with E-state index in [1.807, 2.05) is 6.92 Å². The lowest BCUT2D eigenvalue weighted by Gasteiger charge is -2.11. The zero-order valence-electron chi connectivity index (χ0n) is 22.6. The molecule has 1 aromatic heterocycles.